The molecule has 0 aliphatic carbocycles. The maximum Gasteiger partial charge on any atom is 0.140 e. The second-order valence-electron chi connectivity index (χ2n) is 4.53. The fourth-order valence-corrected chi connectivity index (χ4v) is 2.16. The molecule has 1 heterocycles. The molecule has 0 spiro atoms. The Kier molecular flexibility index (Phi) is 4.68. The zero-order valence-electron chi connectivity index (χ0n) is 11.5. The highest BCUT2D eigenvalue weighted by Gasteiger charge is 2.11. The largest absolute Gasteiger partial charge is 0.331 e. The predicted octanol–water partition coefficient (Wildman–Crippen LogP) is 3.21. The summed E-state index contributed by atoms with van der Waals surface area (Å²) in [6.45, 7) is 6.61. The number of imidazole rings is 1. The van der Waals surface area contributed by atoms with Gasteiger partial charge in [-0.25, -0.2) is 9.37 Å². The summed E-state index contributed by atoms with van der Waals surface area (Å²) in [6.07, 6.45) is 4.82. The lowest BCUT2D eigenvalue weighted by atomic mass is 10.1. The van der Waals surface area contributed by atoms with E-state index in [9.17, 15) is 4.39 Å². The number of aryl methyl sites for hydroxylation is 1. The van der Waals surface area contributed by atoms with Crippen LogP contribution in [-0.4, -0.2) is 16.1 Å². The van der Waals surface area contributed by atoms with Gasteiger partial charge in [-0.2, -0.15) is 0 Å². The average Bonchev–Trinajstić information content (AvgIpc) is 2.85. The van der Waals surface area contributed by atoms with Crippen LogP contribution in [0.15, 0.2) is 30.6 Å². The molecule has 0 aliphatic heterocycles. The first-order chi connectivity index (χ1) is 9.26. The lowest BCUT2D eigenvalue weighted by molar-refractivity contribution is 0.621. The minimum atomic E-state index is -0.203. The lowest BCUT2D eigenvalue weighted by Gasteiger charge is -2.12. The van der Waals surface area contributed by atoms with Gasteiger partial charge >= 0.3 is 0 Å². The molecule has 0 saturated carbocycles. The second-order valence-corrected chi connectivity index (χ2v) is 4.53. The fourth-order valence-electron chi connectivity index (χ4n) is 2.16. The SMILES string of the molecule is CCCn1ccnc1-c1ccc(F)cc1CNCC. The molecule has 102 valence electrons. The van der Waals surface area contributed by atoms with Crippen LogP contribution in [0.5, 0.6) is 0 Å². The number of hydrogen-bond acceptors (Lipinski definition) is 2. The van der Waals surface area contributed by atoms with E-state index in [1.165, 1.54) is 6.07 Å². The number of nitrogens with zero attached hydrogens (tertiary/aromatic N) is 2. The quantitative estimate of drug-likeness (QED) is 0.865. The molecule has 0 fully saturated rings. The van der Waals surface area contributed by atoms with E-state index in [2.05, 4.69) is 21.8 Å². The maximum atomic E-state index is 13.4. The first-order valence-corrected chi connectivity index (χ1v) is 6.77. The van der Waals surface area contributed by atoms with Crippen LogP contribution in [0.1, 0.15) is 25.8 Å². The summed E-state index contributed by atoms with van der Waals surface area (Å²) in [5, 5.41) is 3.24. The van der Waals surface area contributed by atoms with Crippen LogP contribution in [0, 0.1) is 5.82 Å². The van der Waals surface area contributed by atoms with Gasteiger partial charge in [-0.3, -0.25) is 0 Å². The first kappa shape index (κ1) is 13.7. The average molecular weight is 261 g/mol. The van der Waals surface area contributed by atoms with Crippen molar-refractivity contribution in [1.82, 2.24) is 14.9 Å². The van der Waals surface area contributed by atoms with E-state index in [0.29, 0.717) is 6.54 Å². The van der Waals surface area contributed by atoms with Crippen LogP contribution >= 0.6 is 0 Å². The zero-order valence-corrected chi connectivity index (χ0v) is 11.5. The molecule has 1 N–H and O–H groups in total. The molecule has 0 bridgehead atoms. The highest BCUT2D eigenvalue weighted by atomic mass is 19.1. The third-order valence-electron chi connectivity index (χ3n) is 3.05. The molecule has 0 saturated heterocycles. The molecular weight excluding hydrogens is 241 g/mol. The standard InChI is InChI=1S/C15H20FN3/c1-3-8-19-9-7-18-15(19)14-6-5-13(16)10-12(14)11-17-4-2/h5-7,9-10,17H,3-4,8,11H2,1-2H3. The van der Waals surface area contributed by atoms with Gasteiger partial charge in [-0.15, -0.1) is 0 Å². The molecule has 0 radical (unpaired) electrons. The predicted molar refractivity (Wildman–Crippen MR) is 75.3 cm³/mol. The summed E-state index contributed by atoms with van der Waals surface area (Å²) in [4.78, 5) is 4.42. The minimum absolute atomic E-state index is 0.203. The topological polar surface area (TPSA) is 29.9 Å². The lowest BCUT2D eigenvalue weighted by Crippen LogP contribution is -2.13. The molecule has 4 heteroatoms. The van der Waals surface area contributed by atoms with E-state index in [-0.39, 0.29) is 5.82 Å². The van der Waals surface area contributed by atoms with E-state index in [0.717, 1.165) is 36.5 Å². The van der Waals surface area contributed by atoms with Crippen molar-refractivity contribution in [2.24, 2.45) is 0 Å². The van der Waals surface area contributed by atoms with E-state index >= 15 is 0 Å². The smallest absolute Gasteiger partial charge is 0.140 e. The van der Waals surface area contributed by atoms with Gasteiger partial charge in [0.2, 0.25) is 0 Å². The van der Waals surface area contributed by atoms with Crippen molar-refractivity contribution in [3.05, 3.63) is 42.0 Å². The van der Waals surface area contributed by atoms with E-state index in [1.54, 1.807) is 12.3 Å². The maximum absolute atomic E-state index is 13.4. The molecule has 0 aliphatic rings. The molecule has 2 rings (SSSR count). The Hall–Kier alpha value is -1.68. The number of nitrogens with one attached hydrogen (secondary N) is 1. The monoisotopic (exact) mass is 261 g/mol. The van der Waals surface area contributed by atoms with Gasteiger partial charge in [0.05, 0.1) is 0 Å². The van der Waals surface area contributed by atoms with E-state index < -0.39 is 0 Å². The normalized spacial score (nSPS) is 10.9. The summed E-state index contributed by atoms with van der Waals surface area (Å²) in [7, 11) is 0. The molecule has 0 amide bonds. The Morgan fingerprint density at radius 2 is 2.16 bits per heavy atom. The van der Waals surface area contributed by atoms with Gasteiger partial charge in [0, 0.05) is 31.0 Å². The Bertz CT molecular complexity index is 534. The molecule has 1 aromatic heterocycles. The highest BCUT2D eigenvalue weighted by Crippen LogP contribution is 2.23. The number of benzene rings is 1. The van der Waals surface area contributed by atoms with Crippen molar-refractivity contribution in [2.75, 3.05) is 6.54 Å². The number of aromatic nitrogens is 2. The Labute approximate surface area is 113 Å². The van der Waals surface area contributed by atoms with Gasteiger partial charge in [0.25, 0.3) is 0 Å². The summed E-state index contributed by atoms with van der Waals surface area (Å²) >= 11 is 0. The summed E-state index contributed by atoms with van der Waals surface area (Å²) in [5.74, 6) is 0.708. The Morgan fingerprint density at radius 3 is 2.89 bits per heavy atom. The second kappa shape index (κ2) is 6.48. The van der Waals surface area contributed by atoms with Crippen LogP contribution in [0.25, 0.3) is 11.4 Å². The van der Waals surface area contributed by atoms with Crippen LogP contribution in [0.3, 0.4) is 0 Å². The van der Waals surface area contributed by atoms with Gasteiger partial charge in [0.1, 0.15) is 11.6 Å². The number of halogens is 1. The fraction of sp³-hybridized carbons (Fsp3) is 0.400. The Balaban J connectivity index is 2.39. The molecule has 0 atom stereocenters. The summed E-state index contributed by atoms with van der Waals surface area (Å²) in [6, 6.07) is 4.90. The van der Waals surface area contributed by atoms with Crippen molar-refractivity contribution < 1.29 is 4.39 Å². The minimum Gasteiger partial charge on any atom is -0.331 e. The van der Waals surface area contributed by atoms with Crippen LogP contribution < -0.4 is 5.32 Å². The van der Waals surface area contributed by atoms with Crippen LogP contribution in [0.4, 0.5) is 4.39 Å². The van der Waals surface area contributed by atoms with Crippen molar-refractivity contribution in [1.29, 1.82) is 0 Å². The molecular formula is C15H20FN3. The van der Waals surface area contributed by atoms with Crippen LogP contribution in [0.2, 0.25) is 0 Å². The number of hydrogen-bond donors (Lipinski definition) is 1. The third-order valence-corrected chi connectivity index (χ3v) is 3.05. The Morgan fingerprint density at radius 1 is 1.32 bits per heavy atom. The highest BCUT2D eigenvalue weighted by molar-refractivity contribution is 5.60. The van der Waals surface area contributed by atoms with Crippen molar-refractivity contribution in [3.8, 4) is 11.4 Å². The zero-order chi connectivity index (χ0) is 13.7. The van der Waals surface area contributed by atoms with Crippen molar-refractivity contribution in [3.63, 3.8) is 0 Å². The van der Waals surface area contributed by atoms with Gasteiger partial charge in [-0.1, -0.05) is 13.8 Å². The first-order valence-electron chi connectivity index (χ1n) is 6.77. The van der Waals surface area contributed by atoms with Crippen LogP contribution in [-0.2, 0) is 13.1 Å². The van der Waals surface area contributed by atoms with Gasteiger partial charge < -0.3 is 9.88 Å². The molecule has 1 aromatic carbocycles. The van der Waals surface area contributed by atoms with Crippen molar-refractivity contribution in [2.45, 2.75) is 33.4 Å². The molecule has 19 heavy (non-hydrogen) atoms. The molecule has 3 nitrogen and oxygen atoms in total. The summed E-state index contributed by atoms with van der Waals surface area (Å²) in [5.41, 5.74) is 1.95. The van der Waals surface area contributed by atoms with Gasteiger partial charge in [0.15, 0.2) is 0 Å². The van der Waals surface area contributed by atoms with Gasteiger partial charge in [-0.05, 0) is 36.7 Å². The molecule has 0 unspecified atom stereocenters. The van der Waals surface area contributed by atoms with Crippen molar-refractivity contribution >= 4 is 0 Å². The number of rotatable bonds is 6. The third kappa shape index (κ3) is 3.20. The molecule has 2 aromatic rings. The van der Waals surface area contributed by atoms with E-state index in [4.69, 9.17) is 0 Å². The summed E-state index contributed by atoms with van der Waals surface area (Å²) < 4.78 is 15.5. The van der Waals surface area contributed by atoms with E-state index in [1.807, 2.05) is 19.2 Å².